The molecule has 0 aliphatic heterocycles. The number of hydrogen-bond donors (Lipinski definition) is 0. The highest BCUT2D eigenvalue weighted by Gasteiger charge is 2.15. The molecule has 0 unspecified atom stereocenters. The quantitative estimate of drug-likeness (QED) is 0.492. The maximum Gasteiger partial charge on any atom is 0.325 e. The largest absolute Gasteiger partial charge is 0.462 e. The summed E-state index contributed by atoms with van der Waals surface area (Å²) in [5.74, 6) is -0.601. The number of carbonyl (C=O) groups excluding carboxylic acids is 2. The van der Waals surface area contributed by atoms with Crippen LogP contribution in [0.25, 0.3) is 0 Å². The first-order valence-corrected chi connectivity index (χ1v) is 5.62. The SMILES string of the molecule is C=CC(=O)N(CCCC)CC(=O)OC(C)C. The van der Waals surface area contributed by atoms with E-state index in [1.165, 1.54) is 11.0 Å². The van der Waals surface area contributed by atoms with Crippen molar-refractivity contribution in [3.63, 3.8) is 0 Å². The fraction of sp³-hybridized carbons (Fsp3) is 0.667. The molecule has 16 heavy (non-hydrogen) atoms. The molecule has 1 amide bonds. The van der Waals surface area contributed by atoms with Crippen molar-refractivity contribution in [1.82, 2.24) is 4.90 Å². The molecular formula is C12H21NO3. The number of esters is 1. The zero-order valence-corrected chi connectivity index (χ0v) is 10.4. The Hall–Kier alpha value is -1.32. The van der Waals surface area contributed by atoms with Gasteiger partial charge in [-0.15, -0.1) is 0 Å². The molecule has 0 aliphatic carbocycles. The minimum Gasteiger partial charge on any atom is -0.462 e. The van der Waals surface area contributed by atoms with Crippen LogP contribution in [0.3, 0.4) is 0 Å². The molecule has 0 fully saturated rings. The van der Waals surface area contributed by atoms with E-state index in [4.69, 9.17) is 4.74 Å². The first-order valence-electron chi connectivity index (χ1n) is 5.62. The average Bonchev–Trinajstić information content (AvgIpc) is 2.21. The van der Waals surface area contributed by atoms with Gasteiger partial charge in [0.1, 0.15) is 6.54 Å². The lowest BCUT2D eigenvalue weighted by Crippen LogP contribution is -2.36. The molecule has 4 heteroatoms. The number of rotatable bonds is 7. The summed E-state index contributed by atoms with van der Waals surface area (Å²) in [4.78, 5) is 24.3. The predicted molar refractivity (Wildman–Crippen MR) is 62.9 cm³/mol. The minimum atomic E-state index is -0.374. The van der Waals surface area contributed by atoms with Gasteiger partial charge in [-0.2, -0.15) is 0 Å². The summed E-state index contributed by atoms with van der Waals surface area (Å²) < 4.78 is 4.99. The Morgan fingerprint density at radius 1 is 1.44 bits per heavy atom. The monoisotopic (exact) mass is 227 g/mol. The van der Waals surface area contributed by atoms with E-state index in [1.54, 1.807) is 13.8 Å². The van der Waals surface area contributed by atoms with Crippen LogP contribution in [0.15, 0.2) is 12.7 Å². The molecule has 0 aliphatic rings. The van der Waals surface area contributed by atoms with Crippen LogP contribution >= 0.6 is 0 Å². The van der Waals surface area contributed by atoms with Crippen LogP contribution < -0.4 is 0 Å². The minimum absolute atomic E-state index is 0.00301. The highest BCUT2D eigenvalue weighted by atomic mass is 16.5. The van der Waals surface area contributed by atoms with Crippen molar-refractivity contribution in [3.05, 3.63) is 12.7 Å². The van der Waals surface area contributed by atoms with Gasteiger partial charge in [0.25, 0.3) is 0 Å². The lowest BCUT2D eigenvalue weighted by atomic mass is 10.3. The maximum absolute atomic E-state index is 11.4. The van der Waals surface area contributed by atoms with Gasteiger partial charge in [0.2, 0.25) is 5.91 Å². The Morgan fingerprint density at radius 2 is 2.06 bits per heavy atom. The Labute approximate surface area is 97.3 Å². The van der Waals surface area contributed by atoms with Gasteiger partial charge >= 0.3 is 5.97 Å². The standard InChI is InChI=1S/C12H21NO3/c1-5-7-8-13(11(14)6-2)9-12(15)16-10(3)4/h6,10H,2,5,7-9H2,1,3-4H3. The van der Waals surface area contributed by atoms with Gasteiger partial charge < -0.3 is 9.64 Å². The van der Waals surface area contributed by atoms with E-state index >= 15 is 0 Å². The van der Waals surface area contributed by atoms with Crippen LogP contribution in [0.2, 0.25) is 0 Å². The number of hydrogen-bond acceptors (Lipinski definition) is 3. The first-order chi connectivity index (χ1) is 7.51. The third-order valence-electron chi connectivity index (χ3n) is 1.95. The van der Waals surface area contributed by atoms with Crippen LogP contribution in [-0.4, -0.2) is 36.0 Å². The molecule has 0 bridgehead atoms. The van der Waals surface area contributed by atoms with Gasteiger partial charge in [-0.05, 0) is 26.3 Å². The average molecular weight is 227 g/mol. The summed E-state index contributed by atoms with van der Waals surface area (Å²) in [5, 5.41) is 0. The lowest BCUT2D eigenvalue weighted by molar-refractivity contribution is -0.151. The van der Waals surface area contributed by atoms with Crippen molar-refractivity contribution in [2.24, 2.45) is 0 Å². The van der Waals surface area contributed by atoms with E-state index in [9.17, 15) is 9.59 Å². The van der Waals surface area contributed by atoms with E-state index in [-0.39, 0.29) is 24.5 Å². The molecule has 0 heterocycles. The first kappa shape index (κ1) is 14.7. The van der Waals surface area contributed by atoms with E-state index < -0.39 is 0 Å². The van der Waals surface area contributed by atoms with Gasteiger partial charge in [-0.3, -0.25) is 9.59 Å². The number of unbranched alkanes of at least 4 members (excludes halogenated alkanes) is 1. The van der Waals surface area contributed by atoms with E-state index in [2.05, 4.69) is 6.58 Å². The molecule has 0 radical (unpaired) electrons. The Balaban J connectivity index is 4.24. The smallest absolute Gasteiger partial charge is 0.325 e. The Kier molecular flexibility index (Phi) is 7.25. The van der Waals surface area contributed by atoms with Gasteiger partial charge in [0.05, 0.1) is 6.10 Å². The zero-order chi connectivity index (χ0) is 12.6. The Morgan fingerprint density at radius 3 is 2.50 bits per heavy atom. The normalized spacial score (nSPS) is 10.0. The maximum atomic E-state index is 11.4. The van der Waals surface area contributed by atoms with Crippen molar-refractivity contribution in [3.8, 4) is 0 Å². The second-order valence-electron chi connectivity index (χ2n) is 3.86. The van der Waals surface area contributed by atoms with E-state index in [1.807, 2.05) is 6.92 Å². The summed E-state index contributed by atoms with van der Waals surface area (Å²) in [6.07, 6.45) is 2.91. The van der Waals surface area contributed by atoms with Crippen LogP contribution in [0, 0.1) is 0 Å². The molecular weight excluding hydrogens is 206 g/mol. The van der Waals surface area contributed by atoms with Crippen molar-refractivity contribution >= 4 is 11.9 Å². The van der Waals surface area contributed by atoms with E-state index in [0.29, 0.717) is 6.54 Å². The van der Waals surface area contributed by atoms with Crippen molar-refractivity contribution in [2.75, 3.05) is 13.1 Å². The van der Waals surface area contributed by atoms with Crippen LogP contribution in [0.4, 0.5) is 0 Å². The van der Waals surface area contributed by atoms with E-state index in [0.717, 1.165) is 12.8 Å². The Bertz CT molecular complexity index is 249. The highest BCUT2D eigenvalue weighted by Crippen LogP contribution is 1.99. The number of amides is 1. The fourth-order valence-electron chi connectivity index (χ4n) is 1.20. The number of ether oxygens (including phenoxy) is 1. The summed E-state index contributed by atoms with van der Waals surface area (Å²) in [7, 11) is 0. The lowest BCUT2D eigenvalue weighted by Gasteiger charge is -2.20. The fourth-order valence-corrected chi connectivity index (χ4v) is 1.20. The zero-order valence-electron chi connectivity index (χ0n) is 10.4. The second kappa shape index (κ2) is 7.91. The van der Waals surface area contributed by atoms with Crippen molar-refractivity contribution in [1.29, 1.82) is 0 Å². The van der Waals surface area contributed by atoms with Crippen LogP contribution in [0.5, 0.6) is 0 Å². The van der Waals surface area contributed by atoms with Gasteiger partial charge in [0.15, 0.2) is 0 Å². The molecule has 0 aromatic heterocycles. The third kappa shape index (κ3) is 6.22. The van der Waals surface area contributed by atoms with Gasteiger partial charge in [0, 0.05) is 6.54 Å². The molecule has 0 spiro atoms. The second-order valence-corrected chi connectivity index (χ2v) is 3.86. The molecule has 92 valence electrons. The van der Waals surface area contributed by atoms with Crippen molar-refractivity contribution < 1.29 is 14.3 Å². The molecule has 0 aromatic carbocycles. The number of carbonyl (C=O) groups is 2. The summed E-state index contributed by atoms with van der Waals surface area (Å²) in [5.41, 5.74) is 0. The molecule has 0 saturated heterocycles. The molecule has 4 nitrogen and oxygen atoms in total. The number of nitrogens with zero attached hydrogens (tertiary/aromatic N) is 1. The molecule has 0 N–H and O–H groups in total. The molecule has 0 saturated carbocycles. The van der Waals surface area contributed by atoms with Gasteiger partial charge in [-0.25, -0.2) is 0 Å². The molecule has 0 aromatic rings. The molecule has 0 rings (SSSR count). The summed E-state index contributed by atoms with van der Waals surface area (Å²) in [6, 6.07) is 0. The predicted octanol–water partition coefficient (Wildman–Crippen LogP) is 1.75. The van der Waals surface area contributed by atoms with Crippen molar-refractivity contribution in [2.45, 2.75) is 39.7 Å². The van der Waals surface area contributed by atoms with Gasteiger partial charge in [-0.1, -0.05) is 19.9 Å². The summed E-state index contributed by atoms with van der Waals surface area (Å²) >= 11 is 0. The summed E-state index contributed by atoms with van der Waals surface area (Å²) in [6.45, 7) is 9.57. The molecule has 0 atom stereocenters. The van der Waals surface area contributed by atoms with Crippen LogP contribution in [-0.2, 0) is 14.3 Å². The topological polar surface area (TPSA) is 46.6 Å². The highest BCUT2D eigenvalue weighted by molar-refractivity contribution is 5.89. The third-order valence-corrected chi connectivity index (χ3v) is 1.95. The van der Waals surface area contributed by atoms with Crippen LogP contribution in [0.1, 0.15) is 33.6 Å².